The fraction of sp³-hybridized carbons (Fsp3) is 0.500. The van der Waals surface area contributed by atoms with Crippen LogP contribution >= 0.6 is 25.1 Å². The van der Waals surface area contributed by atoms with Gasteiger partial charge in [0, 0.05) is 0 Å². The predicted octanol–water partition coefficient (Wildman–Crippen LogP) is 12.0. The van der Waals surface area contributed by atoms with E-state index in [1.807, 2.05) is 72.0 Å². The van der Waals surface area contributed by atoms with Crippen LogP contribution in [-0.4, -0.2) is 131 Å². The van der Waals surface area contributed by atoms with Gasteiger partial charge in [-0.1, -0.05) is 0 Å². The van der Waals surface area contributed by atoms with Crippen LogP contribution in [0, 0.1) is 0 Å². The van der Waals surface area contributed by atoms with Crippen LogP contribution in [0.4, 0.5) is 0 Å². The first kappa shape index (κ1) is 54.9. The molecular weight excluding hydrogens is 1260 g/mol. The molecule has 0 unspecified atom stereocenters. The molecule has 24 heteroatoms. The molecule has 0 saturated carbocycles. The van der Waals surface area contributed by atoms with E-state index in [0.29, 0.717) is 71.7 Å². The molecule has 0 atom stereocenters. The van der Waals surface area contributed by atoms with Crippen molar-refractivity contribution in [3.63, 3.8) is 0 Å². The van der Waals surface area contributed by atoms with Gasteiger partial charge in [-0.2, -0.15) is 0 Å². The van der Waals surface area contributed by atoms with Crippen molar-refractivity contribution in [3.8, 4) is 46.0 Å². The van der Waals surface area contributed by atoms with Gasteiger partial charge >= 0.3 is 452 Å². The second-order valence-corrected chi connectivity index (χ2v) is 46.4. The number of hydrogen-bond acceptors (Lipinski definition) is 16. The number of nitrogens with zero attached hydrogens (tertiary/aromatic N) is 4. The number of benzene rings is 4. The molecule has 0 amide bonds. The first-order chi connectivity index (χ1) is 34.1. The fourth-order valence-electron chi connectivity index (χ4n) is 10.2. The molecule has 72 heavy (non-hydrogen) atoms. The molecule has 4 aromatic carbocycles. The quantitative estimate of drug-likeness (QED) is 0.0771. The molecule has 0 N–H and O–H groups in total. The molecule has 1 aliphatic carbocycles. The molecule has 4 aromatic rings. The van der Waals surface area contributed by atoms with Crippen LogP contribution in [0.2, 0.25) is 0 Å². The molecule has 392 valence electrons. The Morgan fingerprint density at radius 1 is 0.319 bits per heavy atom. The Balaban J connectivity index is 1.50. The van der Waals surface area contributed by atoms with Crippen molar-refractivity contribution in [1.82, 2.24) is 15.7 Å². The molecule has 4 heterocycles. The maximum absolute atomic E-state index is 15.6. The topological polar surface area (TPSA) is 155 Å². The third kappa shape index (κ3) is 11.1. The molecule has 5 aliphatic rings. The molecule has 0 aromatic heterocycles. The molecule has 0 radical (unpaired) electrons. The molecule has 9 rings (SSSR count). The van der Waals surface area contributed by atoms with Gasteiger partial charge < -0.3 is 0 Å². The van der Waals surface area contributed by atoms with E-state index in [4.69, 9.17) is 36.2 Å². The van der Waals surface area contributed by atoms with Crippen molar-refractivity contribution in [2.75, 3.05) is 56.4 Å². The Morgan fingerprint density at radius 3 is 0.597 bits per heavy atom. The summed E-state index contributed by atoms with van der Waals surface area (Å²) in [6, 6.07) is 15.6. The fourth-order valence-corrected chi connectivity index (χ4v) is 31.2. The Hall–Kier alpha value is -1.88. The van der Waals surface area contributed by atoms with Crippen molar-refractivity contribution < 1.29 is 54.5 Å². The minimum atomic E-state index is -4.06. The van der Waals surface area contributed by atoms with Gasteiger partial charge in [0.25, 0.3) is 0 Å². The van der Waals surface area contributed by atoms with Gasteiger partial charge in [0.1, 0.15) is 0 Å². The van der Waals surface area contributed by atoms with Crippen LogP contribution in [0.25, 0.3) is 0 Å². The van der Waals surface area contributed by atoms with E-state index < -0.39 is 84.1 Å². The zero-order chi connectivity index (χ0) is 51.7. The van der Waals surface area contributed by atoms with E-state index >= 15 is 18.3 Å². The average molecular weight is 1330 g/mol. The SMILES string of the molecule is CCCC1c2cc3c4cc2OP(=O)([Se]N(C)C)Oc2cc5c(cc21)C(CCC)c1cc2c(cc1OP(=O)([Se]N(C)C)O5)OP(=O)([Se]N(C)C)Oc1cc(c(cc1C2CCC)C3CCC)OP(=O)([Se]N(C)C)O4. The first-order valence-corrected chi connectivity index (χ1v) is 42.4. The van der Waals surface area contributed by atoms with Crippen LogP contribution in [-0.2, 0) is 18.3 Å². The van der Waals surface area contributed by atoms with Gasteiger partial charge in [0.15, 0.2) is 0 Å². The Bertz CT molecular complexity index is 2440. The van der Waals surface area contributed by atoms with E-state index in [1.165, 1.54) is 0 Å². The second kappa shape index (κ2) is 21.5. The normalized spacial score (nSPS) is 27.4. The van der Waals surface area contributed by atoms with E-state index in [2.05, 4.69) is 52.0 Å². The molecule has 0 fully saturated rings. The number of rotatable bonds is 16. The van der Waals surface area contributed by atoms with E-state index in [1.54, 1.807) is 24.3 Å². The van der Waals surface area contributed by atoms with Crippen LogP contribution in [0.3, 0.4) is 0 Å². The first-order valence-electron chi connectivity index (χ1n) is 24.3. The summed E-state index contributed by atoms with van der Waals surface area (Å²) in [5.41, 5.74) is 6.34. The molecule has 0 spiro atoms. The minimum absolute atomic E-state index is 0.321. The summed E-state index contributed by atoms with van der Waals surface area (Å²) in [5, 5.41) is 0. The second-order valence-electron chi connectivity index (χ2n) is 19.2. The standard InChI is InChI=1S/C48H64N4O12P4Se4/c1-13-17-29-33-21-35-30(18-14-2)37-23-39-32(20-16-4)40-24-38-31(19-15-3)36-22-34(29)42-26-44(36)60-67(55,71-51(9)10)62-46(38)28-48(40)64-68(56,72-52(11)12)63-47(39)27-45(37)61-66(54,70-50(7)8)59-43(35)25-41(33)57-65(53,58-42)69-49(5)6/h21-32H,13-20H2,1-12H3. The van der Waals surface area contributed by atoms with Gasteiger partial charge in [0.05, 0.1) is 0 Å². The van der Waals surface area contributed by atoms with Crippen molar-refractivity contribution in [2.24, 2.45) is 0 Å². The van der Waals surface area contributed by atoms with Crippen molar-refractivity contribution in [2.45, 2.75) is 103 Å². The summed E-state index contributed by atoms with van der Waals surface area (Å²) >= 11 is -3.38. The maximum atomic E-state index is 15.6. The third-order valence-corrected chi connectivity index (χ3v) is 35.1. The molecular formula is C48H64N4O12P4Se4. The average Bonchev–Trinajstić information content (AvgIpc) is 3.24. The van der Waals surface area contributed by atoms with E-state index in [-0.39, 0.29) is 23.7 Å². The summed E-state index contributed by atoms with van der Waals surface area (Å²) < 4.78 is 124. The van der Waals surface area contributed by atoms with Crippen molar-refractivity contribution in [1.29, 1.82) is 0 Å². The van der Waals surface area contributed by atoms with Crippen LogP contribution < -0.4 is 36.2 Å². The van der Waals surface area contributed by atoms with Crippen LogP contribution in [0.1, 0.15) is 147 Å². The summed E-state index contributed by atoms with van der Waals surface area (Å²) in [7, 11) is 14.7. The molecule has 8 bridgehead atoms. The van der Waals surface area contributed by atoms with E-state index in [9.17, 15) is 0 Å². The monoisotopic (exact) mass is 1330 g/mol. The summed E-state index contributed by atoms with van der Waals surface area (Å²) in [6.07, 6.45) is -10.6. The zero-order valence-electron chi connectivity index (χ0n) is 42.7. The van der Waals surface area contributed by atoms with Crippen molar-refractivity contribution >= 4 is 84.1 Å². The van der Waals surface area contributed by atoms with Crippen LogP contribution in [0.5, 0.6) is 46.0 Å². The predicted molar refractivity (Wildman–Crippen MR) is 286 cm³/mol. The van der Waals surface area contributed by atoms with Gasteiger partial charge in [0.2, 0.25) is 0 Å². The van der Waals surface area contributed by atoms with Gasteiger partial charge in [-0.05, 0) is 0 Å². The zero-order valence-corrected chi connectivity index (χ0v) is 53.1. The van der Waals surface area contributed by atoms with Gasteiger partial charge in [-0.15, -0.1) is 0 Å². The number of hydrogen-bond donors (Lipinski definition) is 0. The Kier molecular flexibility index (Phi) is 16.4. The summed E-state index contributed by atoms with van der Waals surface area (Å²) in [5.74, 6) is 1.11. The molecule has 0 saturated heterocycles. The summed E-state index contributed by atoms with van der Waals surface area (Å²) in [4.78, 5) is 0. The van der Waals surface area contributed by atoms with Crippen molar-refractivity contribution in [3.05, 3.63) is 93.0 Å². The summed E-state index contributed by atoms with van der Waals surface area (Å²) in [6.45, 7) is 8.54. The Labute approximate surface area is 449 Å². The third-order valence-electron chi connectivity index (χ3n) is 12.6. The molecule has 16 nitrogen and oxygen atoms in total. The van der Waals surface area contributed by atoms with Gasteiger partial charge in [-0.3, -0.25) is 0 Å². The molecule has 4 aliphatic heterocycles. The van der Waals surface area contributed by atoms with E-state index in [0.717, 1.165) is 70.2 Å². The van der Waals surface area contributed by atoms with Crippen LogP contribution in [0.15, 0.2) is 48.5 Å². The Morgan fingerprint density at radius 2 is 0.472 bits per heavy atom. The van der Waals surface area contributed by atoms with Gasteiger partial charge in [-0.25, -0.2) is 0 Å².